The smallest absolute Gasteiger partial charge is 0.124 e. The molecule has 0 amide bonds. The molecule has 1 aromatic heterocycles. The van der Waals surface area contributed by atoms with Crippen molar-refractivity contribution in [3.8, 4) is 5.75 Å². The van der Waals surface area contributed by atoms with Gasteiger partial charge in [0.05, 0.1) is 12.6 Å². The molecule has 3 heteroatoms. The Bertz CT molecular complexity index is 568. The van der Waals surface area contributed by atoms with Gasteiger partial charge in [0.25, 0.3) is 0 Å². The number of rotatable bonds is 5. The van der Waals surface area contributed by atoms with Crippen molar-refractivity contribution in [1.29, 1.82) is 0 Å². The van der Waals surface area contributed by atoms with E-state index < -0.39 is 0 Å². The molecule has 2 heterocycles. The van der Waals surface area contributed by atoms with E-state index in [0.717, 1.165) is 31.6 Å². The van der Waals surface area contributed by atoms with Crippen LogP contribution < -0.4 is 10.1 Å². The Morgan fingerprint density at radius 2 is 2.25 bits per heavy atom. The highest BCUT2D eigenvalue weighted by molar-refractivity contribution is 5.63. The van der Waals surface area contributed by atoms with Crippen LogP contribution in [0, 0.1) is 0 Å². The summed E-state index contributed by atoms with van der Waals surface area (Å²) in [4.78, 5) is 4.20. The Labute approximate surface area is 120 Å². The third-order valence-corrected chi connectivity index (χ3v) is 3.71. The monoisotopic (exact) mass is 268 g/mol. The second kappa shape index (κ2) is 5.95. The van der Waals surface area contributed by atoms with Crippen LogP contribution in [0.5, 0.6) is 5.75 Å². The van der Waals surface area contributed by atoms with Gasteiger partial charge in [0.15, 0.2) is 0 Å². The fourth-order valence-corrected chi connectivity index (χ4v) is 2.60. The lowest BCUT2D eigenvalue weighted by Gasteiger charge is -2.10. The van der Waals surface area contributed by atoms with Crippen LogP contribution in [0.1, 0.15) is 36.9 Å². The minimum atomic E-state index is 0.301. The van der Waals surface area contributed by atoms with E-state index in [0.29, 0.717) is 6.04 Å². The number of fused-ring (bicyclic) bond motifs is 1. The third kappa shape index (κ3) is 2.62. The second-order valence-electron chi connectivity index (χ2n) is 5.17. The summed E-state index contributed by atoms with van der Waals surface area (Å²) in [6, 6.07) is 10.7. The standard InChI is InChI=1S/C17H20N2O/c1-2-3-10-20-17-8-4-7-15-14(17)11-16(19-15)13-6-5-9-18-12-13/h4-9,12,16,19H,2-3,10-11H2,1H3. The van der Waals surface area contributed by atoms with E-state index in [-0.39, 0.29) is 0 Å². The molecule has 2 aromatic rings. The van der Waals surface area contributed by atoms with Gasteiger partial charge in [-0.05, 0) is 30.2 Å². The predicted octanol–water partition coefficient (Wildman–Crippen LogP) is 3.97. The summed E-state index contributed by atoms with van der Waals surface area (Å²) < 4.78 is 5.92. The van der Waals surface area contributed by atoms with E-state index in [4.69, 9.17) is 4.74 Å². The Hall–Kier alpha value is -2.03. The first kappa shape index (κ1) is 13.0. The number of nitrogens with zero attached hydrogens (tertiary/aromatic N) is 1. The van der Waals surface area contributed by atoms with E-state index in [1.165, 1.54) is 16.8 Å². The normalized spacial score (nSPS) is 16.6. The number of benzene rings is 1. The summed E-state index contributed by atoms with van der Waals surface area (Å²) in [6.07, 6.45) is 6.96. The van der Waals surface area contributed by atoms with Crippen molar-refractivity contribution >= 4 is 5.69 Å². The largest absolute Gasteiger partial charge is 0.493 e. The van der Waals surface area contributed by atoms with Gasteiger partial charge in [-0.2, -0.15) is 0 Å². The molecule has 104 valence electrons. The first-order valence-corrected chi connectivity index (χ1v) is 7.29. The van der Waals surface area contributed by atoms with Crippen LogP contribution in [0.3, 0.4) is 0 Å². The molecule has 1 unspecified atom stereocenters. The Balaban J connectivity index is 1.77. The number of hydrogen-bond donors (Lipinski definition) is 1. The number of ether oxygens (including phenoxy) is 1. The lowest BCUT2D eigenvalue weighted by molar-refractivity contribution is 0.307. The van der Waals surface area contributed by atoms with Crippen molar-refractivity contribution in [3.05, 3.63) is 53.9 Å². The SMILES string of the molecule is CCCCOc1cccc2c1CC(c1cccnc1)N2. The molecule has 0 saturated heterocycles. The van der Waals surface area contributed by atoms with E-state index in [9.17, 15) is 0 Å². The van der Waals surface area contributed by atoms with Gasteiger partial charge in [-0.15, -0.1) is 0 Å². The van der Waals surface area contributed by atoms with Crippen LogP contribution in [0.25, 0.3) is 0 Å². The fraction of sp³-hybridized carbons (Fsp3) is 0.353. The first-order valence-electron chi connectivity index (χ1n) is 7.29. The van der Waals surface area contributed by atoms with Crippen LogP contribution in [-0.4, -0.2) is 11.6 Å². The van der Waals surface area contributed by atoms with Crippen molar-refractivity contribution in [3.63, 3.8) is 0 Å². The summed E-state index contributed by atoms with van der Waals surface area (Å²) in [6.45, 7) is 2.98. The Morgan fingerprint density at radius 1 is 1.30 bits per heavy atom. The highest BCUT2D eigenvalue weighted by Crippen LogP contribution is 2.39. The summed E-state index contributed by atoms with van der Waals surface area (Å²) in [5, 5.41) is 3.56. The Morgan fingerprint density at radius 3 is 3.05 bits per heavy atom. The van der Waals surface area contributed by atoms with E-state index >= 15 is 0 Å². The average Bonchev–Trinajstić information content (AvgIpc) is 2.93. The summed E-state index contributed by atoms with van der Waals surface area (Å²) in [5.41, 5.74) is 3.70. The van der Waals surface area contributed by atoms with Crippen LogP contribution in [0.4, 0.5) is 5.69 Å². The van der Waals surface area contributed by atoms with Crippen molar-refractivity contribution in [2.24, 2.45) is 0 Å². The molecule has 1 N–H and O–H groups in total. The third-order valence-electron chi connectivity index (χ3n) is 3.71. The molecule has 0 spiro atoms. The number of unbranched alkanes of at least 4 members (excludes halogenated alkanes) is 1. The van der Waals surface area contributed by atoms with Gasteiger partial charge in [-0.25, -0.2) is 0 Å². The second-order valence-corrected chi connectivity index (χ2v) is 5.17. The molecular formula is C17H20N2O. The number of aromatic nitrogens is 1. The average molecular weight is 268 g/mol. The molecule has 20 heavy (non-hydrogen) atoms. The van der Waals surface area contributed by atoms with Gasteiger partial charge in [0.2, 0.25) is 0 Å². The number of nitrogens with one attached hydrogen (secondary N) is 1. The lowest BCUT2D eigenvalue weighted by Crippen LogP contribution is -2.05. The minimum absolute atomic E-state index is 0.301. The van der Waals surface area contributed by atoms with Crippen LogP contribution in [0.15, 0.2) is 42.7 Å². The van der Waals surface area contributed by atoms with Gasteiger partial charge in [0.1, 0.15) is 5.75 Å². The zero-order chi connectivity index (χ0) is 13.8. The number of hydrogen-bond acceptors (Lipinski definition) is 3. The van der Waals surface area contributed by atoms with Gasteiger partial charge >= 0.3 is 0 Å². The summed E-state index contributed by atoms with van der Waals surface area (Å²) >= 11 is 0. The molecule has 3 nitrogen and oxygen atoms in total. The molecule has 1 aliphatic heterocycles. The molecule has 1 aromatic carbocycles. The van der Waals surface area contributed by atoms with Gasteiger partial charge in [-0.1, -0.05) is 25.5 Å². The molecule has 0 saturated carbocycles. The van der Waals surface area contributed by atoms with E-state index in [1.54, 1.807) is 0 Å². The molecular weight excluding hydrogens is 248 g/mol. The maximum atomic E-state index is 5.92. The van der Waals surface area contributed by atoms with E-state index in [1.807, 2.05) is 18.5 Å². The summed E-state index contributed by atoms with van der Waals surface area (Å²) in [7, 11) is 0. The molecule has 1 aliphatic rings. The molecule has 1 atom stereocenters. The van der Waals surface area contributed by atoms with E-state index in [2.05, 4.69) is 41.5 Å². The van der Waals surface area contributed by atoms with Crippen molar-refractivity contribution in [2.45, 2.75) is 32.2 Å². The Kier molecular flexibility index (Phi) is 3.86. The number of pyridine rings is 1. The molecule has 0 bridgehead atoms. The minimum Gasteiger partial charge on any atom is -0.493 e. The van der Waals surface area contributed by atoms with Crippen LogP contribution in [-0.2, 0) is 6.42 Å². The van der Waals surface area contributed by atoms with Gasteiger partial charge in [-0.3, -0.25) is 4.98 Å². The summed E-state index contributed by atoms with van der Waals surface area (Å²) in [5.74, 6) is 1.02. The molecule has 3 rings (SSSR count). The van der Waals surface area contributed by atoms with Gasteiger partial charge in [0, 0.05) is 30.1 Å². The highest BCUT2D eigenvalue weighted by atomic mass is 16.5. The fourth-order valence-electron chi connectivity index (χ4n) is 2.60. The molecule has 0 fully saturated rings. The topological polar surface area (TPSA) is 34.1 Å². The number of anilines is 1. The van der Waals surface area contributed by atoms with Crippen molar-refractivity contribution < 1.29 is 4.74 Å². The zero-order valence-electron chi connectivity index (χ0n) is 11.8. The molecule has 0 radical (unpaired) electrons. The maximum Gasteiger partial charge on any atom is 0.124 e. The van der Waals surface area contributed by atoms with Crippen molar-refractivity contribution in [2.75, 3.05) is 11.9 Å². The van der Waals surface area contributed by atoms with Crippen molar-refractivity contribution in [1.82, 2.24) is 4.98 Å². The first-order chi connectivity index (χ1) is 9.88. The predicted molar refractivity (Wildman–Crippen MR) is 81.1 cm³/mol. The highest BCUT2D eigenvalue weighted by Gasteiger charge is 2.24. The lowest BCUT2D eigenvalue weighted by atomic mass is 10.0. The van der Waals surface area contributed by atoms with Crippen LogP contribution >= 0.6 is 0 Å². The van der Waals surface area contributed by atoms with Gasteiger partial charge < -0.3 is 10.1 Å². The quantitative estimate of drug-likeness (QED) is 0.833. The maximum absolute atomic E-state index is 5.92. The molecule has 0 aliphatic carbocycles. The zero-order valence-corrected chi connectivity index (χ0v) is 11.8. The van der Waals surface area contributed by atoms with Crippen LogP contribution in [0.2, 0.25) is 0 Å².